The van der Waals surface area contributed by atoms with Gasteiger partial charge in [-0.05, 0) is 6.92 Å². The molecule has 0 aromatic heterocycles. The molecule has 96 valence electrons. The van der Waals surface area contributed by atoms with E-state index in [4.69, 9.17) is 0 Å². The van der Waals surface area contributed by atoms with E-state index in [-0.39, 0.29) is 11.8 Å². The molecule has 2 rings (SSSR count). The molecule has 6 nitrogen and oxygen atoms in total. The van der Waals surface area contributed by atoms with Crippen LogP contribution in [0.1, 0.15) is 6.92 Å². The summed E-state index contributed by atoms with van der Waals surface area (Å²) in [5, 5.41) is 5.63. The molecule has 2 heterocycles. The van der Waals surface area contributed by atoms with Gasteiger partial charge >= 0.3 is 0 Å². The van der Waals surface area contributed by atoms with Gasteiger partial charge in [0.05, 0.1) is 13.1 Å². The summed E-state index contributed by atoms with van der Waals surface area (Å²) in [4.78, 5) is 26.8. The normalized spacial score (nSPS) is 25.7. The molecule has 2 fully saturated rings. The van der Waals surface area contributed by atoms with Crippen LogP contribution in [-0.4, -0.2) is 73.5 Å². The zero-order valence-electron chi connectivity index (χ0n) is 10.2. The fourth-order valence-corrected chi connectivity index (χ4v) is 2.44. The van der Waals surface area contributed by atoms with Crippen molar-refractivity contribution in [1.82, 2.24) is 20.4 Å². The lowest BCUT2D eigenvalue weighted by Gasteiger charge is -2.36. The number of hydrogen-bond donors (Lipinski definition) is 2. The molecule has 1 unspecified atom stereocenters. The molecular formula is C11H20N4O2. The first-order valence-corrected chi connectivity index (χ1v) is 6.15. The van der Waals surface area contributed by atoms with Gasteiger partial charge in [-0.25, -0.2) is 0 Å². The van der Waals surface area contributed by atoms with Gasteiger partial charge in [-0.3, -0.25) is 24.7 Å². The fraction of sp³-hybridized carbons (Fsp3) is 0.818. The smallest absolute Gasteiger partial charge is 0.240 e. The van der Waals surface area contributed by atoms with Gasteiger partial charge in [0.15, 0.2) is 0 Å². The van der Waals surface area contributed by atoms with Gasteiger partial charge in [-0.1, -0.05) is 0 Å². The lowest BCUT2D eigenvalue weighted by atomic mass is 10.2. The van der Waals surface area contributed by atoms with Gasteiger partial charge in [-0.2, -0.15) is 0 Å². The van der Waals surface area contributed by atoms with E-state index in [9.17, 15) is 9.59 Å². The van der Waals surface area contributed by atoms with Crippen LogP contribution in [0.4, 0.5) is 0 Å². The van der Waals surface area contributed by atoms with Crippen molar-refractivity contribution < 1.29 is 9.59 Å². The summed E-state index contributed by atoms with van der Waals surface area (Å²) in [5.74, 6) is -0.373. The third-order valence-corrected chi connectivity index (χ3v) is 3.31. The molecule has 2 aliphatic heterocycles. The zero-order chi connectivity index (χ0) is 12.3. The summed E-state index contributed by atoms with van der Waals surface area (Å²) in [7, 11) is 0. The molecule has 0 radical (unpaired) electrons. The topological polar surface area (TPSA) is 64.7 Å². The van der Waals surface area contributed by atoms with E-state index in [1.165, 1.54) is 0 Å². The second-order valence-corrected chi connectivity index (χ2v) is 4.78. The molecule has 17 heavy (non-hydrogen) atoms. The van der Waals surface area contributed by atoms with Crippen molar-refractivity contribution in [2.75, 3.05) is 45.8 Å². The van der Waals surface area contributed by atoms with E-state index < -0.39 is 0 Å². The first-order valence-electron chi connectivity index (χ1n) is 6.15. The lowest BCUT2D eigenvalue weighted by Crippen LogP contribution is -2.56. The average Bonchev–Trinajstić information content (AvgIpc) is 2.28. The second-order valence-electron chi connectivity index (χ2n) is 4.78. The minimum absolute atomic E-state index is 0.186. The van der Waals surface area contributed by atoms with Crippen LogP contribution in [-0.2, 0) is 9.59 Å². The van der Waals surface area contributed by atoms with Gasteiger partial charge in [-0.15, -0.1) is 0 Å². The standard InChI is InChI=1S/C11H20N4O2/c1-9(15-4-2-12-3-5-15)6-14-7-10(16)13-11(17)8-14/h9,12H,2-8H2,1H3,(H,13,16,17). The van der Waals surface area contributed by atoms with Gasteiger partial charge < -0.3 is 5.32 Å². The van der Waals surface area contributed by atoms with Crippen molar-refractivity contribution in [2.45, 2.75) is 13.0 Å². The highest BCUT2D eigenvalue weighted by Crippen LogP contribution is 2.05. The largest absolute Gasteiger partial charge is 0.314 e. The highest BCUT2D eigenvalue weighted by atomic mass is 16.2. The molecule has 2 amide bonds. The summed E-state index contributed by atoms with van der Waals surface area (Å²) in [6.07, 6.45) is 0. The number of nitrogens with one attached hydrogen (secondary N) is 2. The van der Waals surface area contributed by atoms with Crippen molar-refractivity contribution in [3.05, 3.63) is 0 Å². The van der Waals surface area contributed by atoms with Crippen LogP contribution in [0.3, 0.4) is 0 Å². The first kappa shape index (κ1) is 12.5. The predicted molar refractivity (Wildman–Crippen MR) is 63.5 cm³/mol. The van der Waals surface area contributed by atoms with E-state index in [1.54, 1.807) is 0 Å². The summed E-state index contributed by atoms with van der Waals surface area (Å²) < 4.78 is 0. The van der Waals surface area contributed by atoms with Crippen LogP contribution >= 0.6 is 0 Å². The third-order valence-electron chi connectivity index (χ3n) is 3.31. The third kappa shape index (κ3) is 3.49. The Labute approximate surface area is 101 Å². The van der Waals surface area contributed by atoms with Crippen LogP contribution in [0.2, 0.25) is 0 Å². The minimum Gasteiger partial charge on any atom is -0.314 e. The van der Waals surface area contributed by atoms with Gasteiger partial charge in [0, 0.05) is 38.8 Å². The number of piperazine rings is 2. The van der Waals surface area contributed by atoms with Crippen molar-refractivity contribution in [2.24, 2.45) is 0 Å². The maximum Gasteiger partial charge on any atom is 0.240 e. The van der Waals surface area contributed by atoms with Crippen molar-refractivity contribution in [3.63, 3.8) is 0 Å². The first-order chi connectivity index (χ1) is 8.15. The molecule has 0 aliphatic carbocycles. The highest BCUT2D eigenvalue weighted by molar-refractivity contribution is 5.99. The maximum atomic E-state index is 11.2. The van der Waals surface area contributed by atoms with E-state index >= 15 is 0 Å². The molecule has 0 spiro atoms. The van der Waals surface area contributed by atoms with Gasteiger partial charge in [0.2, 0.25) is 11.8 Å². The van der Waals surface area contributed by atoms with E-state index in [0.29, 0.717) is 19.1 Å². The summed E-state index contributed by atoms with van der Waals surface area (Å²) in [6, 6.07) is 0.385. The van der Waals surface area contributed by atoms with Crippen molar-refractivity contribution in [3.8, 4) is 0 Å². The number of imide groups is 1. The fourth-order valence-electron chi connectivity index (χ4n) is 2.44. The highest BCUT2D eigenvalue weighted by Gasteiger charge is 2.25. The molecule has 0 bridgehead atoms. The van der Waals surface area contributed by atoms with Crippen molar-refractivity contribution in [1.29, 1.82) is 0 Å². The van der Waals surface area contributed by atoms with Crippen LogP contribution in [0.25, 0.3) is 0 Å². The number of hydrogen-bond acceptors (Lipinski definition) is 5. The van der Waals surface area contributed by atoms with Crippen molar-refractivity contribution >= 4 is 11.8 Å². The monoisotopic (exact) mass is 240 g/mol. The number of carbonyl (C=O) groups excluding carboxylic acids is 2. The number of amides is 2. The molecule has 0 aromatic rings. The zero-order valence-corrected chi connectivity index (χ0v) is 10.2. The molecule has 1 atom stereocenters. The summed E-state index contributed by atoms with van der Waals surface area (Å²) in [5.41, 5.74) is 0. The molecule has 2 N–H and O–H groups in total. The average molecular weight is 240 g/mol. The Bertz CT molecular complexity index is 286. The molecule has 0 saturated carbocycles. The quantitative estimate of drug-likeness (QED) is 0.572. The Morgan fingerprint density at radius 1 is 1.18 bits per heavy atom. The molecule has 0 aromatic carbocycles. The van der Waals surface area contributed by atoms with Crippen LogP contribution in [0, 0.1) is 0 Å². The maximum absolute atomic E-state index is 11.2. The van der Waals surface area contributed by atoms with Gasteiger partial charge in [0.25, 0.3) is 0 Å². The summed E-state index contributed by atoms with van der Waals surface area (Å²) in [6.45, 7) is 7.71. The number of rotatable bonds is 3. The van der Waals surface area contributed by atoms with E-state index in [0.717, 1.165) is 32.7 Å². The van der Waals surface area contributed by atoms with Crippen LogP contribution in [0.5, 0.6) is 0 Å². The van der Waals surface area contributed by atoms with Gasteiger partial charge in [0.1, 0.15) is 0 Å². The predicted octanol–water partition coefficient (Wildman–Crippen LogP) is -1.76. The molecular weight excluding hydrogens is 220 g/mol. The number of nitrogens with zero attached hydrogens (tertiary/aromatic N) is 2. The van der Waals surface area contributed by atoms with E-state index in [2.05, 4.69) is 22.5 Å². The summed E-state index contributed by atoms with van der Waals surface area (Å²) >= 11 is 0. The molecule has 6 heteroatoms. The van der Waals surface area contributed by atoms with Crippen LogP contribution < -0.4 is 10.6 Å². The molecule has 2 aliphatic rings. The minimum atomic E-state index is -0.186. The number of carbonyl (C=O) groups is 2. The second kappa shape index (κ2) is 5.57. The Morgan fingerprint density at radius 2 is 1.76 bits per heavy atom. The Kier molecular flexibility index (Phi) is 4.09. The molecule has 2 saturated heterocycles. The Hall–Kier alpha value is -0.980. The Morgan fingerprint density at radius 3 is 2.35 bits per heavy atom. The van der Waals surface area contributed by atoms with E-state index in [1.807, 2.05) is 4.90 Å². The van der Waals surface area contributed by atoms with Crippen LogP contribution in [0.15, 0.2) is 0 Å². The SMILES string of the molecule is CC(CN1CC(=O)NC(=O)C1)N1CCNCC1. The Balaban J connectivity index is 1.82. The lowest BCUT2D eigenvalue weighted by molar-refractivity contribution is -0.136.